The molecule has 132 valence electrons. The third-order valence-electron chi connectivity index (χ3n) is 4.23. The second-order valence-electron chi connectivity index (χ2n) is 6.00. The van der Waals surface area contributed by atoms with Crippen LogP contribution in [0.3, 0.4) is 0 Å². The highest BCUT2D eigenvalue weighted by Gasteiger charge is 2.17. The van der Waals surface area contributed by atoms with E-state index in [1.807, 2.05) is 31.2 Å². The van der Waals surface area contributed by atoms with E-state index in [9.17, 15) is 4.79 Å². The Bertz CT molecular complexity index is 926. The zero-order valence-electron chi connectivity index (χ0n) is 14.9. The number of carbonyl (C=O) groups is 1. The minimum atomic E-state index is -0.386. The highest BCUT2D eigenvalue weighted by atomic mass is 127. The summed E-state index contributed by atoms with van der Waals surface area (Å²) >= 11 is 2.32. The van der Waals surface area contributed by atoms with Crippen molar-refractivity contribution in [3.63, 3.8) is 0 Å². The molecule has 0 spiro atoms. The first-order valence-corrected chi connectivity index (χ1v) is 9.30. The smallest absolute Gasteiger partial charge is 0.343 e. The van der Waals surface area contributed by atoms with Crippen LogP contribution in [0.2, 0.25) is 0 Å². The predicted molar refractivity (Wildman–Crippen MR) is 112 cm³/mol. The fourth-order valence-electron chi connectivity index (χ4n) is 2.88. The Labute approximate surface area is 167 Å². The standard InChI is InChI=1S/C22H19IO3/c1-14-6-4-8-18(23)20(14)21-15(2)7-5-9-19(21)26-22(24)16-10-12-17(25-3)13-11-16/h4-13H,1-3H3. The Morgan fingerprint density at radius 2 is 1.46 bits per heavy atom. The first-order valence-electron chi connectivity index (χ1n) is 8.22. The largest absolute Gasteiger partial charge is 0.497 e. The zero-order chi connectivity index (χ0) is 18.7. The van der Waals surface area contributed by atoms with Gasteiger partial charge in [0.2, 0.25) is 0 Å². The van der Waals surface area contributed by atoms with Crippen molar-refractivity contribution in [2.45, 2.75) is 13.8 Å². The van der Waals surface area contributed by atoms with Gasteiger partial charge in [0.25, 0.3) is 0 Å². The number of carbonyl (C=O) groups excluding carboxylic acids is 1. The summed E-state index contributed by atoms with van der Waals surface area (Å²) in [6, 6.07) is 18.8. The van der Waals surface area contributed by atoms with Crippen molar-refractivity contribution in [1.82, 2.24) is 0 Å². The van der Waals surface area contributed by atoms with Crippen molar-refractivity contribution in [1.29, 1.82) is 0 Å². The zero-order valence-corrected chi connectivity index (χ0v) is 17.0. The summed E-state index contributed by atoms with van der Waals surface area (Å²) in [5, 5.41) is 0. The third kappa shape index (κ3) is 3.75. The van der Waals surface area contributed by atoms with Crippen molar-refractivity contribution in [3.05, 3.63) is 80.9 Å². The van der Waals surface area contributed by atoms with Crippen LogP contribution >= 0.6 is 22.6 Å². The summed E-state index contributed by atoms with van der Waals surface area (Å²) in [6.45, 7) is 4.10. The van der Waals surface area contributed by atoms with Crippen molar-refractivity contribution < 1.29 is 14.3 Å². The molecule has 0 aliphatic heterocycles. The number of methoxy groups -OCH3 is 1. The summed E-state index contributed by atoms with van der Waals surface area (Å²) in [5.41, 5.74) is 4.75. The van der Waals surface area contributed by atoms with Gasteiger partial charge in [-0.2, -0.15) is 0 Å². The molecule has 0 saturated carbocycles. The monoisotopic (exact) mass is 458 g/mol. The molecule has 3 aromatic rings. The lowest BCUT2D eigenvalue weighted by Crippen LogP contribution is -2.10. The first kappa shape index (κ1) is 18.5. The topological polar surface area (TPSA) is 35.5 Å². The third-order valence-corrected chi connectivity index (χ3v) is 5.13. The van der Waals surface area contributed by atoms with Gasteiger partial charge in [0, 0.05) is 14.7 Å². The van der Waals surface area contributed by atoms with Crippen molar-refractivity contribution in [3.8, 4) is 22.6 Å². The van der Waals surface area contributed by atoms with E-state index >= 15 is 0 Å². The van der Waals surface area contributed by atoms with Gasteiger partial charge >= 0.3 is 5.97 Å². The SMILES string of the molecule is COc1ccc(C(=O)Oc2cccc(C)c2-c2c(C)cccc2I)cc1. The Hall–Kier alpha value is -2.34. The Kier molecular flexibility index (Phi) is 5.61. The molecule has 4 heteroatoms. The fourth-order valence-corrected chi connectivity index (χ4v) is 3.78. The van der Waals surface area contributed by atoms with Crippen LogP contribution in [0.25, 0.3) is 11.1 Å². The number of hydrogen-bond acceptors (Lipinski definition) is 3. The van der Waals surface area contributed by atoms with Crippen molar-refractivity contribution in [2.75, 3.05) is 7.11 Å². The predicted octanol–water partition coefficient (Wildman–Crippen LogP) is 5.80. The summed E-state index contributed by atoms with van der Waals surface area (Å²) in [4.78, 5) is 12.6. The average molecular weight is 458 g/mol. The lowest BCUT2D eigenvalue weighted by Gasteiger charge is -2.16. The van der Waals surface area contributed by atoms with Crippen LogP contribution in [0.4, 0.5) is 0 Å². The van der Waals surface area contributed by atoms with Crippen molar-refractivity contribution in [2.24, 2.45) is 0 Å². The van der Waals surface area contributed by atoms with Gasteiger partial charge in [0.05, 0.1) is 12.7 Å². The quantitative estimate of drug-likeness (QED) is 0.282. The highest BCUT2D eigenvalue weighted by molar-refractivity contribution is 14.1. The van der Waals surface area contributed by atoms with E-state index < -0.39 is 0 Å². The normalized spacial score (nSPS) is 10.5. The molecule has 0 N–H and O–H groups in total. The van der Waals surface area contributed by atoms with Crippen LogP contribution < -0.4 is 9.47 Å². The van der Waals surface area contributed by atoms with E-state index in [1.165, 1.54) is 0 Å². The minimum Gasteiger partial charge on any atom is -0.497 e. The molecule has 0 aliphatic carbocycles. The van der Waals surface area contributed by atoms with Gasteiger partial charge < -0.3 is 9.47 Å². The summed E-state index contributed by atoms with van der Waals surface area (Å²) in [7, 11) is 1.59. The molecule has 26 heavy (non-hydrogen) atoms. The van der Waals surface area contributed by atoms with E-state index in [-0.39, 0.29) is 5.97 Å². The summed E-state index contributed by atoms with van der Waals surface area (Å²) < 4.78 is 12.0. The van der Waals surface area contributed by atoms with E-state index in [0.29, 0.717) is 17.1 Å². The molecule has 0 atom stereocenters. The van der Waals surface area contributed by atoms with Crippen molar-refractivity contribution >= 4 is 28.6 Å². The molecule has 0 amide bonds. The van der Waals surface area contributed by atoms with Gasteiger partial charge in [-0.05, 0) is 84.0 Å². The van der Waals surface area contributed by atoms with Gasteiger partial charge in [0.1, 0.15) is 11.5 Å². The van der Waals surface area contributed by atoms with Gasteiger partial charge in [-0.25, -0.2) is 4.79 Å². The molecule has 0 fully saturated rings. The Balaban J connectivity index is 2.01. The lowest BCUT2D eigenvalue weighted by molar-refractivity contribution is 0.0735. The maximum atomic E-state index is 12.6. The number of esters is 1. The fraction of sp³-hybridized carbons (Fsp3) is 0.136. The first-order chi connectivity index (χ1) is 12.5. The number of ether oxygens (including phenoxy) is 2. The Morgan fingerprint density at radius 1 is 0.846 bits per heavy atom. The molecule has 0 bridgehead atoms. The van der Waals surface area contributed by atoms with Gasteiger partial charge in [-0.3, -0.25) is 0 Å². The lowest BCUT2D eigenvalue weighted by atomic mass is 9.96. The molecule has 3 nitrogen and oxygen atoms in total. The number of benzene rings is 3. The Morgan fingerprint density at radius 3 is 2.08 bits per heavy atom. The molecule has 3 aromatic carbocycles. The molecule has 0 unspecified atom stereocenters. The average Bonchev–Trinajstić information content (AvgIpc) is 2.63. The molecule has 0 aliphatic rings. The number of halogens is 1. The van der Waals surface area contributed by atoms with E-state index in [4.69, 9.17) is 9.47 Å². The molecule has 0 heterocycles. The van der Waals surface area contributed by atoms with Crippen LogP contribution in [-0.2, 0) is 0 Å². The van der Waals surface area contributed by atoms with E-state index in [1.54, 1.807) is 31.4 Å². The van der Waals surface area contributed by atoms with Gasteiger partial charge in [-0.15, -0.1) is 0 Å². The van der Waals surface area contributed by atoms with Crippen LogP contribution in [0, 0.1) is 17.4 Å². The second kappa shape index (κ2) is 7.91. The number of aryl methyl sites for hydroxylation is 2. The van der Waals surface area contributed by atoms with Gasteiger partial charge in [0.15, 0.2) is 0 Å². The molecule has 3 rings (SSSR count). The number of rotatable bonds is 4. The van der Waals surface area contributed by atoms with E-state index in [2.05, 4.69) is 41.6 Å². The minimum absolute atomic E-state index is 0.386. The summed E-state index contributed by atoms with van der Waals surface area (Å²) in [6.07, 6.45) is 0. The molecule has 0 aromatic heterocycles. The van der Waals surface area contributed by atoms with Gasteiger partial charge in [-0.1, -0.05) is 24.3 Å². The van der Waals surface area contributed by atoms with Crippen LogP contribution in [-0.4, -0.2) is 13.1 Å². The number of hydrogen-bond donors (Lipinski definition) is 0. The molecular weight excluding hydrogens is 439 g/mol. The molecular formula is C22H19IO3. The van der Waals surface area contributed by atoms with Crippen LogP contribution in [0.15, 0.2) is 60.7 Å². The molecule has 0 saturated heterocycles. The maximum Gasteiger partial charge on any atom is 0.343 e. The van der Waals surface area contributed by atoms with Crippen LogP contribution in [0.5, 0.6) is 11.5 Å². The maximum absolute atomic E-state index is 12.6. The van der Waals surface area contributed by atoms with Crippen LogP contribution in [0.1, 0.15) is 21.5 Å². The summed E-state index contributed by atoms with van der Waals surface area (Å²) in [5.74, 6) is 0.883. The highest BCUT2D eigenvalue weighted by Crippen LogP contribution is 2.38. The van der Waals surface area contributed by atoms with E-state index in [0.717, 1.165) is 25.8 Å². The second-order valence-corrected chi connectivity index (χ2v) is 7.16. The molecule has 0 radical (unpaired) electrons.